The maximum absolute atomic E-state index is 6.35. The van der Waals surface area contributed by atoms with Gasteiger partial charge in [-0.3, -0.25) is 0 Å². The molecular formula is C16H21N3OS. The highest BCUT2D eigenvalue weighted by Crippen LogP contribution is 2.30. The number of aromatic nitrogens is 2. The van der Waals surface area contributed by atoms with Gasteiger partial charge in [-0.2, -0.15) is 4.98 Å². The third-order valence-electron chi connectivity index (χ3n) is 4.00. The Balaban J connectivity index is 1.56. The van der Waals surface area contributed by atoms with Crippen LogP contribution in [-0.4, -0.2) is 15.7 Å². The van der Waals surface area contributed by atoms with Crippen LogP contribution in [0.25, 0.3) is 0 Å². The third kappa shape index (κ3) is 3.86. The minimum Gasteiger partial charge on any atom is -0.339 e. The van der Waals surface area contributed by atoms with Crippen LogP contribution in [-0.2, 0) is 12.2 Å². The van der Waals surface area contributed by atoms with E-state index < -0.39 is 0 Å². The fraction of sp³-hybridized carbons (Fsp3) is 0.500. The van der Waals surface area contributed by atoms with Crippen molar-refractivity contribution in [1.29, 1.82) is 0 Å². The van der Waals surface area contributed by atoms with Gasteiger partial charge in [0.25, 0.3) is 0 Å². The molecule has 112 valence electrons. The van der Waals surface area contributed by atoms with Crippen molar-refractivity contribution in [2.45, 2.75) is 55.2 Å². The molecule has 0 radical (unpaired) electrons. The predicted molar refractivity (Wildman–Crippen MR) is 84.1 cm³/mol. The average Bonchev–Trinajstić information content (AvgIpc) is 3.08. The summed E-state index contributed by atoms with van der Waals surface area (Å²) in [6, 6.07) is 8.47. The van der Waals surface area contributed by atoms with E-state index in [0.717, 1.165) is 24.4 Å². The highest BCUT2D eigenvalue weighted by atomic mass is 32.2. The van der Waals surface area contributed by atoms with Gasteiger partial charge in [0.2, 0.25) is 5.89 Å². The average molecular weight is 303 g/mol. The van der Waals surface area contributed by atoms with E-state index in [1.54, 1.807) is 11.8 Å². The lowest BCUT2D eigenvalue weighted by Crippen LogP contribution is -2.38. The Morgan fingerprint density at radius 1 is 1.24 bits per heavy atom. The fourth-order valence-electron chi connectivity index (χ4n) is 2.76. The third-order valence-corrected chi connectivity index (χ3v) is 5.01. The minimum absolute atomic E-state index is 0.131. The Hall–Kier alpha value is -1.33. The summed E-state index contributed by atoms with van der Waals surface area (Å²) in [5.74, 6) is 2.15. The molecule has 0 amide bonds. The predicted octanol–water partition coefficient (Wildman–Crippen LogP) is 3.48. The second kappa shape index (κ2) is 6.20. The number of nitrogens with zero attached hydrogens (tertiary/aromatic N) is 2. The van der Waals surface area contributed by atoms with Gasteiger partial charge in [0.05, 0.1) is 5.75 Å². The number of rotatable bonds is 5. The molecule has 0 saturated heterocycles. The van der Waals surface area contributed by atoms with Crippen molar-refractivity contribution in [3.8, 4) is 0 Å². The summed E-state index contributed by atoms with van der Waals surface area (Å²) < 4.78 is 5.34. The van der Waals surface area contributed by atoms with Crippen molar-refractivity contribution in [2.75, 3.05) is 0 Å². The lowest BCUT2D eigenvalue weighted by Gasteiger charge is -2.20. The van der Waals surface area contributed by atoms with Crippen molar-refractivity contribution in [1.82, 2.24) is 10.1 Å². The van der Waals surface area contributed by atoms with E-state index in [-0.39, 0.29) is 5.54 Å². The molecule has 1 saturated carbocycles. The van der Waals surface area contributed by atoms with E-state index in [1.165, 1.54) is 23.3 Å². The zero-order chi connectivity index (χ0) is 14.7. The molecule has 0 aliphatic heterocycles. The first kappa shape index (κ1) is 14.6. The zero-order valence-corrected chi connectivity index (χ0v) is 13.2. The number of benzene rings is 1. The molecular weight excluding hydrogens is 282 g/mol. The Labute approximate surface area is 129 Å². The fourth-order valence-corrected chi connectivity index (χ4v) is 3.50. The largest absolute Gasteiger partial charge is 0.339 e. The zero-order valence-electron chi connectivity index (χ0n) is 12.3. The summed E-state index contributed by atoms with van der Waals surface area (Å²) in [7, 11) is 0. The molecule has 2 aromatic rings. The Bertz CT molecular complexity index is 588. The van der Waals surface area contributed by atoms with Crippen LogP contribution in [0.3, 0.4) is 0 Å². The first-order chi connectivity index (χ1) is 10.1. The van der Waals surface area contributed by atoms with E-state index in [9.17, 15) is 0 Å². The lowest BCUT2D eigenvalue weighted by atomic mass is 9.95. The van der Waals surface area contributed by atoms with Crippen LogP contribution < -0.4 is 5.73 Å². The van der Waals surface area contributed by atoms with Crippen LogP contribution in [0.5, 0.6) is 0 Å². The molecule has 0 atom stereocenters. The summed E-state index contributed by atoms with van der Waals surface area (Å²) in [5.41, 5.74) is 7.48. The maximum atomic E-state index is 6.35. The van der Waals surface area contributed by atoms with E-state index in [4.69, 9.17) is 10.3 Å². The van der Waals surface area contributed by atoms with Gasteiger partial charge < -0.3 is 10.3 Å². The van der Waals surface area contributed by atoms with Crippen LogP contribution in [0.2, 0.25) is 0 Å². The first-order valence-electron chi connectivity index (χ1n) is 7.43. The number of hydrogen-bond donors (Lipinski definition) is 1. The van der Waals surface area contributed by atoms with Crippen LogP contribution in [0.1, 0.15) is 43.0 Å². The van der Waals surface area contributed by atoms with Gasteiger partial charge in [0, 0.05) is 16.9 Å². The summed E-state index contributed by atoms with van der Waals surface area (Å²) in [5, 5.41) is 4.06. The van der Waals surface area contributed by atoms with E-state index in [1.807, 2.05) is 0 Å². The van der Waals surface area contributed by atoms with Crippen LogP contribution in [0, 0.1) is 6.92 Å². The summed E-state index contributed by atoms with van der Waals surface area (Å²) in [6.07, 6.45) is 5.24. The van der Waals surface area contributed by atoms with Gasteiger partial charge in [-0.05, 0) is 31.9 Å². The summed E-state index contributed by atoms with van der Waals surface area (Å²) in [4.78, 5) is 5.69. The van der Waals surface area contributed by atoms with Crippen molar-refractivity contribution in [2.24, 2.45) is 5.73 Å². The summed E-state index contributed by atoms with van der Waals surface area (Å²) >= 11 is 1.72. The van der Waals surface area contributed by atoms with Crippen molar-refractivity contribution >= 4 is 11.8 Å². The van der Waals surface area contributed by atoms with Gasteiger partial charge in [-0.25, -0.2) is 0 Å². The first-order valence-corrected chi connectivity index (χ1v) is 8.41. The highest BCUT2D eigenvalue weighted by molar-refractivity contribution is 7.98. The van der Waals surface area contributed by atoms with Gasteiger partial charge >= 0.3 is 0 Å². The van der Waals surface area contributed by atoms with Gasteiger partial charge in [-0.15, -0.1) is 11.8 Å². The molecule has 1 aliphatic rings. The van der Waals surface area contributed by atoms with Crippen molar-refractivity contribution < 1.29 is 4.52 Å². The number of aryl methyl sites for hydroxylation is 1. The minimum atomic E-state index is -0.131. The molecule has 1 aromatic heterocycles. The Kier molecular flexibility index (Phi) is 4.31. The molecule has 0 spiro atoms. The number of nitrogens with two attached hydrogens (primary N) is 1. The second-order valence-corrected chi connectivity index (χ2v) is 7.00. The quantitative estimate of drug-likeness (QED) is 0.857. The molecule has 0 bridgehead atoms. The van der Waals surface area contributed by atoms with Crippen LogP contribution >= 0.6 is 11.8 Å². The number of hydrogen-bond acceptors (Lipinski definition) is 5. The van der Waals surface area contributed by atoms with E-state index >= 15 is 0 Å². The second-order valence-electron chi connectivity index (χ2n) is 5.95. The molecule has 5 heteroatoms. The number of thioether (sulfide) groups is 1. The van der Waals surface area contributed by atoms with E-state index in [2.05, 4.69) is 41.3 Å². The molecule has 3 rings (SSSR count). The van der Waals surface area contributed by atoms with E-state index in [0.29, 0.717) is 12.3 Å². The standard InChI is InChI=1S/C16H21N3OS/c1-12-4-6-13(7-5-12)21-11-14-18-15(20-19-14)10-16(17)8-2-3-9-16/h4-7H,2-3,8-11,17H2,1H3. The Morgan fingerprint density at radius 3 is 2.67 bits per heavy atom. The molecule has 1 fully saturated rings. The summed E-state index contributed by atoms with van der Waals surface area (Å²) in [6.45, 7) is 2.09. The molecule has 0 unspecified atom stereocenters. The lowest BCUT2D eigenvalue weighted by molar-refractivity contribution is 0.327. The SMILES string of the molecule is Cc1ccc(SCc2noc(CC3(N)CCCC3)n2)cc1. The topological polar surface area (TPSA) is 64.9 Å². The Morgan fingerprint density at radius 2 is 1.95 bits per heavy atom. The molecule has 1 aliphatic carbocycles. The molecule has 1 heterocycles. The van der Waals surface area contributed by atoms with Crippen LogP contribution in [0.15, 0.2) is 33.7 Å². The van der Waals surface area contributed by atoms with Crippen LogP contribution in [0.4, 0.5) is 0 Å². The molecule has 1 aromatic carbocycles. The normalized spacial score (nSPS) is 17.2. The highest BCUT2D eigenvalue weighted by Gasteiger charge is 2.31. The van der Waals surface area contributed by atoms with Gasteiger partial charge in [0.1, 0.15) is 0 Å². The monoisotopic (exact) mass is 303 g/mol. The smallest absolute Gasteiger partial charge is 0.228 e. The van der Waals surface area contributed by atoms with Gasteiger partial charge in [0.15, 0.2) is 5.82 Å². The maximum Gasteiger partial charge on any atom is 0.228 e. The van der Waals surface area contributed by atoms with Crippen molar-refractivity contribution in [3.63, 3.8) is 0 Å². The van der Waals surface area contributed by atoms with Crippen molar-refractivity contribution in [3.05, 3.63) is 41.5 Å². The van der Waals surface area contributed by atoms with Gasteiger partial charge in [-0.1, -0.05) is 35.7 Å². The molecule has 21 heavy (non-hydrogen) atoms. The molecule has 4 nitrogen and oxygen atoms in total. The molecule has 2 N–H and O–H groups in total.